The van der Waals surface area contributed by atoms with E-state index >= 15 is 0 Å². The number of hydrogen-bond donors (Lipinski definition) is 1. The van der Waals surface area contributed by atoms with Crippen LogP contribution < -0.4 is 10.1 Å². The van der Waals surface area contributed by atoms with Crippen molar-refractivity contribution in [2.75, 3.05) is 18.2 Å². The van der Waals surface area contributed by atoms with Crippen molar-refractivity contribution < 1.29 is 17.9 Å². The van der Waals surface area contributed by atoms with Gasteiger partial charge in [-0.15, -0.1) is 0 Å². The van der Waals surface area contributed by atoms with E-state index in [1.807, 2.05) is 24.3 Å². The van der Waals surface area contributed by atoms with E-state index in [4.69, 9.17) is 4.74 Å². The minimum absolute atomic E-state index is 0.137. The van der Waals surface area contributed by atoms with Crippen molar-refractivity contribution >= 4 is 37.4 Å². The van der Waals surface area contributed by atoms with Crippen LogP contribution in [0.5, 0.6) is 5.75 Å². The molecule has 0 atom stereocenters. The molecule has 0 spiro atoms. The monoisotopic (exact) mass is 411 g/mol. The van der Waals surface area contributed by atoms with Gasteiger partial charge in [-0.25, -0.2) is 8.42 Å². The van der Waals surface area contributed by atoms with Crippen molar-refractivity contribution in [2.45, 2.75) is 17.7 Å². The zero-order valence-electron chi connectivity index (χ0n) is 13.2. The lowest BCUT2D eigenvalue weighted by Gasteiger charge is -2.08. The third kappa shape index (κ3) is 5.98. The van der Waals surface area contributed by atoms with Crippen LogP contribution in [0.3, 0.4) is 0 Å². The Morgan fingerprint density at radius 1 is 1.08 bits per heavy atom. The summed E-state index contributed by atoms with van der Waals surface area (Å²) < 4.78 is 29.3. The van der Waals surface area contributed by atoms with Gasteiger partial charge >= 0.3 is 0 Å². The molecule has 1 amide bonds. The smallest absolute Gasteiger partial charge is 0.224 e. The Labute approximate surface area is 150 Å². The SMILES string of the molecule is CS(=O)(=O)c1ccc(NC(=O)CCCOc2ccc(Br)cc2)cc1. The molecule has 0 heterocycles. The predicted octanol–water partition coefficient (Wildman–Crippen LogP) is 3.65. The average molecular weight is 412 g/mol. The standard InChI is InChI=1S/C17H18BrNO4S/c1-24(21,22)16-10-6-14(7-11-16)19-17(20)3-2-12-23-15-8-4-13(18)5-9-15/h4-11H,2-3,12H2,1H3,(H,19,20). The summed E-state index contributed by atoms with van der Waals surface area (Å²) in [4.78, 5) is 12.1. The molecular formula is C17H18BrNO4S. The predicted molar refractivity (Wildman–Crippen MR) is 97.1 cm³/mol. The van der Waals surface area contributed by atoms with Gasteiger partial charge in [0.1, 0.15) is 5.75 Å². The highest BCUT2D eigenvalue weighted by Crippen LogP contribution is 2.17. The molecule has 0 bridgehead atoms. The molecule has 7 heteroatoms. The van der Waals surface area contributed by atoms with Gasteiger partial charge in [0.2, 0.25) is 5.91 Å². The van der Waals surface area contributed by atoms with Crippen molar-refractivity contribution in [3.8, 4) is 5.75 Å². The van der Waals surface area contributed by atoms with Crippen LogP contribution in [0.15, 0.2) is 57.9 Å². The molecule has 0 saturated carbocycles. The maximum Gasteiger partial charge on any atom is 0.224 e. The van der Waals surface area contributed by atoms with E-state index in [-0.39, 0.29) is 10.8 Å². The maximum absolute atomic E-state index is 11.9. The summed E-state index contributed by atoms with van der Waals surface area (Å²) >= 11 is 3.35. The van der Waals surface area contributed by atoms with Crippen LogP contribution in [0.25, 0.3) is 0 Å². The molecule has 0 saturated heterocycles. The van der Waals surface area contributed by atoms with E-state index in [0.29, 0.717) is 25.1 Å². The molecule has 24 heavy (non-hydrogen) atoms. The number of nitrogens with one attached hydrogen (secondary N) is 1. The van der Waals surface area contributed by atoms with Crippen molar-refractivity contribution in [3.05, 3.63) is 53.0 Å². The van der Waals surface area contributed by atoms with Gasteiger partial charge in [0.15, 0.2) is 9.84 Å². The summed E-state index contributed by atoms with van der Waals surface area (Å²) in [6.07, 6.45) is 2.06. The van der Waals surface area contributed by atoms with Gasteiger partial charge in [0.25, 0.3) is 0 Å². The first-order valence-corrected chi connectivity index (χ1v) is 10.0. The largest absolute Gasteiger partial charge is 0.494 e. The van der Waals surface area contributed by atoms with Crippen molar-refractivity contribution in [1.82, 2.24) is 0 Å². The molecule has 0 unspecified atom stereocenters. The van der Waals surface area contributed by atoms with Crippen LogP contribution in [0.4, 0.5) is 5.69 Å². The molecule has 0 aliphatic rings. The van der Waals surface area contributed by atoms with E-state index in [1.165, 1.54) is 12.1 Å². The molecule has 5 nitrogen and oxygen atoms in total. The number of amides is 1. The number of sulfone groups is 1. The fourth-order valence-electron chi connectivity index (χ4n) is 1.96. The van der Waals surface area contributed by atoms with Gasteiger partial charge in [-0.05, 0) is 55.0 Å². The first-order valence-electron chi connectivity index (χ1n) is 7.33. The number of anilines is 1. The minimum Gasteiger partial charge on any atom is -0.494 e. The van der Waals surface area contributed by atoms with Crippen LogP contribution in [0, 0.1) is 0 Å². The van der Waals surface area contributed by atoms with Gasteiger partial charge in [0, 0.05) is 22.8 Å². The van der Waals surface area contributed by atoms with E-state index in [0.717, 1.165) is 16.5 Å². The van der Waals surface area contributed by atoms with Gasteiger partial charge < -0.3 is 10.1 Å². The van der Waals surface area contributed by atoms with Gasteiger partial charge in [0.05, 0.1) is 11.5 Å². The van der Waals surface area contributed by atoms with Crippen molar-refractivity contribution in [1.29, 1.82) is 0 Å². The lowest BCUT2D eigenvalue weighted by molar-refractivity contribution is -0.116. The maximum atomic E-state index is 11.9. The van der Waals surface area contributed by atoms with Crippen LogP contribution in [-0.4, -0.2) is 27.2 Å². The fourth-order valence-corrected chi connectivity index (χ4v) is 2.86. The second-order valence-corrected chi connectivity index (χ2v) is 8.18. The first-order chi connectivity index (χ1) is 11.3. The lowest BCUT2D eigenvalue weighted by Crippen LogP contribution is -2.13. The third-order valence-electron chi connectivity index (χ3n) is 3.20. The number of benzene rings is 2. The number of halogens is 1. The van der Waals surface area contributed by atoms with E-state index in [2.05, 4.69) is 21.2 Å². The summed E-state index contributed by atoms with van der Waals surface area (Å²) in [5.74, 6) is 0.622. The topological polar surface area (TPSA) is 72.5 Å². The van der Waals surface area contributed by atoms with Gasteiger partial charge in [-0.2, -0.15) is 0 Å². The molecule has 2 aromatic carbocycles. The Morgan fingerprint density at radius 2 is 1.71 bits per heavy atom. The molecule has 0 aliphatic carbocycles. The highest BCUT2D eigenvalue weighted by molar-refractivity contribution is 9.10. The van der Waals surface area contributed by atoms with Crippen molar-refractivity contribution in [2.24, 2.45) is 0 Å². The van der Waals surface area contributed by atoms with E-state index in [1.54, 1.807) is 12.1 Å². The molecule has 128 valence electrons. The molecule has 0 aliphatic heterocycles. The molecule has 2 rings (SSSR count). The molecule has 2 aromatic rings. The Bertz CT molecular complexity index is 786. The summed E-state index contributed by atoms with van der Waals surface area (Å²) in [5.41, 5.74) is 0.571. The second-order valence-electron chi connectivity index (χ2n) is 5.25. The minimum atomic E-state index is -3.23. The zero-order valence-corrected chi connectivity index (χ0v) is 15.6. The van der Waals surface area contributed by atoms with Crippen LogP contribution >= 0.6 is 15.9 Å². The fraction of sp³-hybridized carbons (Fsp3) is 0.235. The van der Waals surface area contributed by atoms with E-state index in [9.17, 15) is 13.2 Å². The molecule has 0 fully saturated rings. The number of rotatable bonds is 7. The molecule has 0 aromatic heterocycles. The van der Waals surface area contributed by atoms with Crippen LogP contribution in [-0.2, 0) is 14.6 Å². The Balaban J connectivity index is 1.74. The summed E-state index contributed by atoms with van der Waals surface area (Å²) in [7, 11) is -3.23. The summed E-state index contributed by atoms with van der Waals surface area (Å²) in [6.45, 7) is 0.446. The number of hydrogen-bond acceptors (Lipinski definition) is 4. The lowest BCUT2D eigenvalue weighted by atomic mass is 10.2. The van der Waals surface area contributed by atoms with Crippen molar-refractivity contribution in [3.63, 3.8) is 0 Å². The van der Waals surface area contributed by atoms with Crippen LogP contribution in [0.1, 0.15) is 12.8 Å². The quantitative estimate of drug-likeness (QED) is 0.705. The van der Waals surface area contributed by atoms with Crippen LogP contribution in [0.2, 0.25) is 0 Å². The Hall–Kier alpha value is -1.86. The van der Waals surface area contributed by atoms with E-state index < -0.39 is 9.84 Å². The molecule has 1 N–H and O–H groups in total. The normalized spacial score (nSPS) is 11.1. The van der Waals surface area contributed by atoms with Gasteiger partial charge in [-0.1, -0.05) is 15.9 Å². The molecular weight excluding hydrogens is 394 g/mol. The second kappa shape index (κ2) is 8.30. The Kier molecular flexibility index (Phi) is 6.39. The van der Waals surface area contributed by atoms with Gasteiger partial charge in [-0.3, -0.25) is 4.79 Å². The number of ether oxygens (including phenoxy) is 1. The highest BCUT2D eigenvalue weighted by Gasteiger charge is 2.07. The zero-order chi connectivity index (χ0) is 17.6. The number of carbonyl (C=O) groups is 1. The molecule has 0 radical (unpaired) electrons. The first kappa shape index (κ1) is 18.5. The highest BCUT2D eigenvalue weighted by atomic mass is 79.9. The average Bonchev–Trinajstić information content (AvgIpc) is 2.53. The summed E-state index contributed by atoms with van der Waals surface area (Å²) in [6, 6.07) is 13.6. The summed E-state index contributed by atoms with van der Waals surface area (Å²) in [5, 5.41) is 2.73. The Morgan fingerprint density at radius 3 is 2.29 bits per heavy atom. The third-order valence-corrected chi connectivity index (χ3v) is 4.85. The number of carbonyl (C=O) groups excluding carboxylic acids is 1.